The number of ether oxygens (including phenoxy) is 2. The molecule has 0 spiro atoms. The van der Waals surface area contributed by atoms with E-state index in [0.717, 1.165) is 21.6 Å². The first-order chi connectivity index (χ1) is 19.4. The Morgan fingerprint density at radius 3 is 2.20 bits per heavy atom. The number of carbonyl (C=O) groups excluding carboxylic acids is 3. The van der Waals surface area contributed by atoms with E-state index in [0.29, 0.717) is 17.0 Å². The summed E-state index contributed by atoms with van der Waals surface area (Å²) < 4.78 is 10.6. The van der Waals surface area contributed by atoms with Crippen LogP contribution < -0.4 is 15.4 Å². The van der Waals surface area contributed by atoms with Crippen LogP contribution in [0.25, 0.3) is 0 Å². The molecule has 0 saturated heterocycles. The van der Waals surface area contributed by atoms with Crippen molar-refractivity contribution in [2.24, 2.45) is 0 Å². The summed E-state index contributed by atoms with van der Waals surface area (Å²) in [6, 6.07) is 21.7. The molecule has 3 aromatic carbocycles. The van der Waals surface area contributed by atoms with Gasteiger partial charge in [-0.3, -0.25) is 14.5 Å². The van der Waals surface area contributed by atoms with Gasteiger partial charge in [-0.2, -0.15) is 0 Å². The van der Waals surface area contributed by atoms with Crippen LogP contribution in [0.1, 0.15) is 49.1 Å². The third kappa shape index (κ3) is 8.61. The second kappa shape index (κ2) is 13.5. The predicted molar refractivity (Wildman–Crippen MR) is 159 cm³/mol. The summed E-state index contributed by atoms with van der Waals surface area (Å²) in [5.74, 6) is -0.507. The third-order valence-electron chi connectivity index (χ3n) is 6.23. The number of hydrogen-bond donors (Lipinski definition) is 2. The van der Waals surface area contributed by atoms with E-state index in [-0.39, 0.29) is 6.42 Å². The van der Waals surface area contributed by atoms with Crippen LogP contribution in [-0.4, -0.2) is 41.6 Å². The first-order valence-corrected chi connectivity index (χ1v) is 13.3. The highest BCUT2D eigenvalue weighted by atomic mass is 16.6. The molecule has 8 heteroatoms. The van der Waals surface area contributed by atoms with Gasteiger partial charge in [-0.25, -0.2) is 4.79 Å². The van der Waals surface area contributed by atoms with Gasteiger partial charge in [-0.15, -0.1) is 0 Å². The van der Waals surface area contributed by atoms with Crippen molar-refractivity contribution in [1.29, 1.82) is 0 Å². The van der Waals surface area contributed by atoms with E-state index < -0.39 is 35.6 Å². The molecule has 2 N–H and O–H groups in total. The number of aryl methyl sites for hydroxylation is 2. The number of nitrogens with zero attached hydrogens (tertiary/aromatic N) is 1. The Balaban J connectivity index is 2.02. The van der Waals surface area contributed by atoms with Crippen molar-refractivity contribution in [1.82, 2.24) is 10.2 Å². The highest BCUT2D eigenvalue weighted by Gasteiger charge is 2.36. The van der Waals surface area contributed by atoms with Crippen LogP contribution in [0.5, 0.6) is 5.75 Å². The Kier molecular flexibility index (Phi) is 10.2. The molecule has 214 valence electrons. The molecule has 0 fully saturated rings. The summed E-state index contributed by atoms with van der Waals surface area (Å²) in [6.07, 6.45) is 5.31. The first kappa shape index (κ1) is 30.8. The highest BCUT2D eigenvalue weighted by molar-refractivity contribution is 6.00. The number of terminal acetylenes is 1. The van der Waals surface area contributed by atoms with Crippen molar-refractivity contribution in [2.75, 3.05) is 12.4 Å². The number of carbonyl (C=O) groups is 3. The molecule has 0 bridgehead atoms. The van der Waals surface area contributed by atoms with Crippen LogP contribution in [0.2, 0.25) is 0 Å². The average Bonchev–Trinajstić information content (AvgIpc) is 2.91. The van der Waals surface area contributed by atoms with Gasteiger partial charge in [0.1, 0.15) is 23.4 Å². The Bertz CT molecular complexity index is 1410. The second-order valence-electron chi connectivity index (χ2n) is 10.7. The summed E-state index contributed by atoms with van der Waals surface area (Å²) in [5.41, 5.74) is 2.85. The van der Waals surface area contributed by atoms with Gasteiger partial charge in [-0.1, -0.05) is 60.5 Å². The molecule has 3 amide bonds. The van der Waals surface area contributed by atoms with Crippen LogP contribution in [0, 0.1) is 26.3 Å². The number of rotatable bonds is 9. The van der Waals surface area contributed by atoms with Gasteiger partial charge in [0.15, 0.2) is 0 Å². The van der Waals surface area contributed by atoms with Gasteiger partial charge in [0.2, 0.25) is 0 Å². The quantitative estimate of drug-likeness (QED) is 0.267. The van der Waals surface area contributed by atoms with Crippen LogP contribution in [0.15, 0.2) is 72.8 Å². The third-order valence-corrected chi connectivity index (χ3v) is 6.23. The van der Waals surface area contributed by atoms with Gasteiger partial charge in [0.25, 0.3) is 11.8 Å². The monoisotopic (exact) mass is 555 g/mol. The summed E-state index contributed by atoms with van der Waals surface area (Å²) in [4.78, 5) is 41.8. The van der Waals surface area contributed by atoms with Crippen molar-refractivity contribution in [3.05, 3.63) is 95.1 Å². The lowest BCUT2D eigenvalue weighted by atomic mass is 9.96. The van der Waals surface area contributed by atoms with Crippen molar-refractivity contribution in [3.63, 3.8) is 0 Å². The summed E-state index contributed by atoms with van der Waals surface area (Å²) in [5, 5.41) is 5.54. The van der Waals surface area contributed by atoms with Gasteiger partial charge < -0.3 is 20.1 Å². The average molecular weight is 556 g/mol. The molecule has 0 aliphatic carbocycles. The Hall–Kier alpha value is -4.77. The van der Waals surface area contributed by atoms with Gasteiger partial charge in [0, 0.05) is 18.2 Å². The molecular formula is C33H37N3O5. The van der Waals surface area contributed by atoms with Crippen LogP contribution in [0.3, 0.4) is 0 Å². The normalized spacial score (nSPS) is 12.3. The largest absolute Gasteiger partial charge is 0.497 e. The summed E-state index contributed by atoms with van der Waals surface area (Å²) >= 11 is 0. The van der Waals surface area contributed by atoms with E-state index in [1.54, 1.807) is 58.2 Å². The molecule has 0 heterocycles. The number of benzene rings is 3. The zero-order valence-electron chi connectivity index (χ0n) is 24.4. The SMILES string of the molecule is C#CN(C(=O)C(Cc1ccccc1)NC(=O)OC(C)(C)C)C(C(=O)Nc1ccc(OC)cc1)c1ccc(C)cc1C. The topological polar surface area (TPSA) is 97.0 Å². The minimum Gasteiger partial charge on any atom is -0.497 e. The van der Waals surface area contributed by atoms with E-state index in [1.807, 2.05) is 56.3 Å². The Labute approximate surface area is 242 Å². The smallest absolute Gasteiger partial charge is 0.408 e. The minimum absolute atomic E-state index is 0.136. The van der Waals surface area contributed by atoms with E-state index in [1.165, 1.54) is 0 Å². The maximum absolute atomic E-state index is 14.1. The molecule has 2 unspecified atom stereocenters. The fourth-order valence-electron chi connectivity index (χ4n) is 4.35. The molecule has 0 aliphatic heterocycles. The standard InChI is InChI=1S/C33H37N3O5/c1-8-36(31(38)28(21-24-12-10-9-11-13-24)35-32(39)41-33(4,5)6)29(27-19-14-22(2)20-23(27)3)30(37)34-25-15-17-26(40-7)18-16-25/h1,9-20,28-29H,21H2,2-7H3,(H,34,37)(H,35,39). The van der Waals surface area contributed by atoms with Crippen LogP contribution in [0.4, 0.5) is 10.5 Å². The molecule has 3 rings (SSSR count). The van der Waals surface area contributed by atoms with Crippen molar-refractivity contribution < 1.29 is 23.9 Å². The van der Waals surface area contributed by atoms with E-state index in [9.17, 15) is 14.4 Å². The highest BCUT2D eigenvalue weighted by Crippen LogP contribution is 2.28. The van der Waals surface area contributed by atoms with Crippen molar-refractivity contribution >= 4 is 23.6 Å². The first-order valence-electron chi connectivity index (χ1n) is 13.3. The van der Waals surface area contributed by atoms with Crippen molar-refractivity contribution in [2.45, 2.75) is 58.7 Å². The van der Waals surface area contributed by atoms with Crippen LogP contribution >= 0.6 is 0 Å². The van der Waals surface area contributed by atoms with E-state index in [4.69, 9.17) is 15.9 Å². The zero-order chi connectivity index (χ0) is 30.2. The Morgan fingerprint density at radius 1 is 0.976 bits per heavy atom. The van der Waals surface area contributed by atoms with Gasteiger partial charge >= 0.3 is 6.09 Å². The van der Waals surface area contributed by atoms with Gasteiger partial charge in [0.05, 0.1) is 7.11 Å². The molecule has 2 atom stereocenters. The summed E-state index contributed by atoms with van der Waals surface area (Å²) in [6.45, 7) is 8.99. The number of anilines is 1. The molecule has 3 aromatic rings. The van der Waals surface area contributed by atoms with Crippen molar-refractivity contribution in [3.8, 4) is 18.2 Å². The maximum Gasteiger partial charge on any atom is 0.408 e. The number of hydrogen-bond acceptors (Lipinski definition) is 5. The molecular weight excluding hydrogens is 518 g/mol. The fraction of sp³-hybridized carbons (Fsp3) is 0.303. The maximum atomic E-state index is 14.1. The molecule has 0 radical (unpaired) electrons. The Morgan fingerprint density at radius 2 is 1.63 bits per heavy atom. The number of methoxy groups -OCH3 is 1. The summed E-state index contributed by atoms with van der Waals surface area (Å²) in [7, 11) is 1.55. The van der Waals surface area contributed by atoms with Gasteiger partial charge in [-0.05, 0) is 75.6 Å². The minimum atomic E-state index is -1.19. The number of nitrogens with one attached hydrogen (secondary N) is 2. The molecule has 8 nitrogen and oxygen atoms in total. The number of amides is 3. The lowest BCUT2D eigenvalue weighted by Crippen LogP contribution is -2.51. The molecule has 0 saturated carbocycles. The fourth-order valence-corrected chi connectivity index (χ4v) is 4.35. The van der Waals surface area contributed by atoms with E-state index >= 15 is 0 Å². The lowest BCUT2D eigenvalue weighted by molar-refractivity contribution is -0.136. The van der Waals surface area contributed by atoms with E-state index in [2.05, 4.69) is 16.7 Å². The predicted octanol–water partition coefficient (Wildman–Crippen LogP) is 5.55. The number of alkyl carbamates (subject to hydrolysis) is 1. The molecule has 0 aromatic heterocycles. The molecule has 41 heavy (non-hydrogen) atoms. The van der Waals surface area contributed by atoms with Crippen LogP contribution in [-0.2, 0) is 20.7 Å². The second-order valence-corrected chi connectivity index (χ2v) is 10.7. The molecule has 0 aliphatic rings. The lowest BCUT2D eigenvalue weighted by Gasteiger charge is -2.31. The zero-order valence-corrected chi connectivity index (χ0v) is 24.4.